The first-order valence-corrected chi connectivity index (χ1v) is 8.07. The molecule has 0 amide bonds. The van der Waals surface area contributed by atoms with Gasteiger partial charge in [-0.05, 0) is 31.2 Å². The highest BCUT2D eigenvalue weighted by Crippen LogP contribution is 2.24. The molecular weight excluding hydrogens is 427 g/mol. The number of rotatable bonds is 4. The topological polar surface area (TPSA) is 15.9 Å². The number of thiazole rings is 1. The molecule has 1 heterocycles. The quantitative estimate of drug-likeness (QED) is 0.482. The molecule has 0 aliphatic rings. The molecule has 1 N–H and O–H groups in total. The summed E-state index contributed by atoms with van der Waals surface area (Å²) in [6.07, 6.45) is 4.09. The number of hydrogen-bond acceptors (Lipinski definition) is 2. The molecule has 0 spiro atoms. The maximum Gasteiger partial charge on any atom is 0.264 e. The Morgan fingerprint density at radius 1 is 1.18 bits per heavy atom. The molecule has 0 saturated heterocycles. The van der Waals surface area contributed by atoms with Gasteiger partial charge < -0.3 is 29.3 Å². The Morgan fingerprint density at radius 2 is 1.95 bits per heavy atom. The molecule has 0 saturated carbocycles. The molecule has 0 atom stereocenters. The summed E-state index contributed by atoms with van der Waals surface area (Å²) in [5.41, 5.74) is 2.27. The SMILES string of the molecule is CC[n+]1c(C=CNc2ccccc2)sc2ccc(Cl)cc21.[I-]. The standard InChI is InChI=1S/C17H15ClN2S.HI/c1-2-20-15-12-13(18)8-9-16(15)21-17(20)10-11-19-14-6-4-3-5-7-14;/h3-12H,2H2,1H3;1H. The van der Waals surface area contributed by atoms with E-state index in [0.717, 1.165) is 17.3 Å². The summed E-state index contributed by atoms with van der Waals surface area (Å²) in [6.45, 7) is 3.07. The van der Waals surface area contributed by atoms with Crippen LogP contribution in [0.2, 0.25) is 5.02 Å². The number of halogens is 2. The second kappa shape index (κ2) is 7.94. The Morgan fingerprint density at radius 3 is 2.68 bits per heavy atom. The van der Waals surface area contributed by atoms with Crippen LogP contribution in [-0.2, 0) is 6.54 Å². The molecule has 22 heavy (non-hydrogen) atoms. The predicted octanol–water partition coefficient (Wildman–Crippen LogP) is 1.95. The van der Waals surface area contributed by atoms with Crippen LogP contribution in [0, 0.1) is 0 Å². The van der Waals surface area contributed by atoms with Crippen LogP contribution < -0.4 is 33.9 Å². The minimum atomic E-state index is 0. The van der Waals surface area contributed by atoms with E-state index in [2.05, 4.69) is 29.0 Å². The number of anilines is 1. The smallest absolute Gasteiger partial charge is 0.264 e. The number of nitrogens with zero attached hydrogens (tertiary/aromatic N) is 1. The van der Waals surface area contributed by atoms with E-state index in [9.17, 15) is 0 Å². The van der Waals surface area contributed by atoms with Crippen LogP contribution in [0.5, 0.6) is 0 Å². The summed E-state index contributed by atoms with van der Waals surface area (Å²) in [5, 5.41) is 5.27. The van der Waals surface area contributed by atoms with E-state index >= 15 is 0 Å². The zero-order chi connectivity index (χ0) is 14.7. The highest BCUT2D eigenvalue weighted by molar-refractivity contribution is 7.18. The minimum Gasteiger partial charge on any atom is -1.00 e. The summed E-state index contributed by atoms with van der Waals surface area (Å²) in [7, 11) is 0. The third-order valence-electron chi connectivity index (χ3n) is 3.26. The number of aryl methyl sites for hydroxylation is 1. The van der Waals surface area contributed by atoms with Gasteiger partial charge in [-0.15, -0.1) is 0 Å². The van der Waals surface area contributed by atoms with Crippen LogP contribution in [0.3, 0.4) is 0 Å². The number of nitrogens with one attached hydrogen (secondary N) is 1. The van der Waals surface area contributed by atoms with E-state index in [4.69, 9.17) is 11.6 Å². The van der Waals surface area contributed by atoms with Gasteiger partial charge in [0.1, 0.15) is 11.2 Å². The van der Waals surface area contributed by atoms with E-state index in [1.54, 1.807) is 11.3 Å². The summed E-state index contributed by atoms with van der Waals surface area (Å²) >= 11 is 7.87. The zero-order valence-corrected chi connectivity index (χ0v) is 15.8. The summed E-state index contributed by atoms with van der Waals surface area (Å²) < 4.78 is 3.52. The zero-order valence-electron chi connectivity index (χ0n) is 12.1. The van der Waals surface area contributed by atoms with Crippen molar-refractivity contribution in [2.45, 2.75) is 13.5 Å². The molecule has 1 aromatic heterocycles. The fourth-order valence-electron chi connectivity index (χ4n) is 2.27. The van der Waals surface area contributed by atoms with Crippen molar-refractivity contribution in [3.63, 3.8) is 0 Å². The van der Waals surface area contributed by atoms with Gasteiger partial charge in [0, 0.05) is 29.1 Å². The fraction of sp³-hybridized carbons (Fsp3) is 0.118. The first kappa shape index (κ1) is 17.2. The maximum absolute atomic E-state index is 6.10. The summed E-state index contributed by atoms with van der Waals surface area (Å²) in [4.78, 5) is 0. The highest BCUT2D eigenvalue weighted by atomic mass is 127. The lowest BCUT2D eigenvalue weighted by Crippen LogP contribution is -3.00. The molecule has 5 heteroatoms. The van der Waals surface area contributed by atoms with Crippen LogP contribution in [0.15, 0.2) is 54.7 Å². The van der Waals surface area contributed by atoms with Gasteiger partial charge in [-0.1, -0.05) is 41.1 Å². The van der Waals surface area contributed by atoms with Crippen molar-refractivity contribution in [3.05, 3.63) is 64.8 Å². The number of fused-ring (bicyclic) bond motifs is 1. The van der Waals surface area contributed by atoms with Crippen molar-refractivity contribution in [1.82, 2.24) is 0 Å². The fourth-order valence-corrected chi connectivity index (χ4v) is 3.54. The first-order chi connectivity index (χ1) is 10.3. The Bertz CT molecular complexity index is 784. The average Bonchev–Trinajstić information content (AvgIpc) is 2.85. The Labute approximate surface area is 156 Å². The molecule has 0 bridgehead atoms. The van der Waals surface area contributed by atoms with Gasteiger partial charge in [-0.25, -0.2) is 0 Å². The van der Waals surface area contributed by atoms with Crippen LogP contribution in [-0.4, -0.2) is 0 Å². The number of aromatic nitrogens is 1. The van der Waals surface area contributed by atoms with Crippen molar-refractivity contribution >= 4 is 44.9 Å². The van der Waals surface area contributed by atoms with Crippen molar-refractivity contribution in [2.75, 3.05) is 5.32 Å². The van der Waals surface area contributed by atoms with Gasteiger partial charge in [0.05, 0.1) is 0 Å². The van der Waals surface area contributed by atoms with Crippen LogP contribution in [0.25, 0.3) is 16.3 Å². The van der Waals surface area contributed by atoms with E-state index in [-0.39, 0.29) is 24.0 Å². The number of hydrogen-bond donors (Lipinski definition) is 1. The van der Waals surface area contributed by atoms with Gasteiger partial charge in [-0.2, -0.15) is 4.57 Å². The van der Waals surface area contributed by atoms with Gasteiger partial charge in [0.15, 0.2) is 0 Å². The molecule has 0 radical (unpaired) electrons. The molecule has 2 nitrogen and oxygen atoms in total. The second-order valence-corrected chi connectivity index (χ2v) is 6.14. The van der Waals surface area contributed by atoms with Crippen molar-refractivity contribution < 1.29 is 28.5 Å². The average molecular weight is 443 g/mol. The lowest BCUT2D eigenvalue weighted by Gasteiger charge is -1.97. The van der Waals surface area contributed by atoms with Gasteiger partial charge in [0.25, 0.3) is 5.01 Å². The highest BCUT2D eigenvalue weighted by Gasteiger charge is 2.16. The van der Waals surface area contributed by atoms with Crippen LogP contribution in [0.4, 0.5) is 5.69 Å². The summed E-state index contributed by atoms with van der Waals surface area (Å²) in [6, 6.07) is 16.2. The Balaban J connectivity index is 0.00000176. The Kier molecular flexibility index (Phi) is 6.23. The van der Waals surface area contributed by atoms with Crippen molar-refractivity contribution in [3.8, 4) is 0 Å². The molecular formula is C17H16ClIN2S. The second-order valence-electron chi connectivity index (χ2n) is 4.64. The van der Waals surface area contributed by atoms with E-state index in [1.807, 2.05) is 48.7 Å². The molecule has 0 unspecified atom stereocenters. The first-order valence-electron chi connectivity index (χ1n) is 6.88. The van der Waals surface area contributed by atoms with Crippen molar-refractivity contribution in [1.29, 1.82) is 0 Å². The molecule has 114 valence electrons. The van der Waals surface area contributed by atoms with Gasteiger partial charge in [-0.3, -0.25) is 0 Å². The van der Waals surface area contributed by atoms with Gasteiger partial charge >= 0.3 is 0 Å². The van der Waals surface area contributed by atoms with Crippen LogP contribution in [0.1, 0.15) is 11.9 Å². The third-order valence-corrected chi connectivity index (χ3v) is 4.62. The molecule has 0 fully saturated rings. The maximum atomic E-state index is 6.10. The lowest BCUT2D eigenvalue weighted by molar-refractivity contribution is -0.665. The predicted molar refractivity (Wildman–Crippen MR) is 91.8 cm³/mol. The Hall–Kier alpha value is -1.11. The third kappa shape index (κ3) is 3.80. The van der Waals surface area contributed by atoms with E-state index in [1.165, 1.54) is 15.2 Å². The minimum absolute atomic E-state index is 0. The normalized spacial score (nSPS) is 10.8. The molecule has 2 aromatic carbocycles. The molecule has 3 aromatic rings. The number of para-hydroxylation sites is 1. The van der Waals surface area contributed by atoms with Crippen LogP contribution >= 0.6 is 22.9 Å². The van der Waals surface area contributed by atoms with E-state index in [0.29, 0.717) is 0 Å². The monoisotopic (exact) mass is 442 g/mol. The molecule has 0 aliphatic heterocycles. The molecule has 3 rings (SSSR count). The van der Waals surface area contributed by atoms with Crippen molar-refractivity contribution in [2.24, 2.45) is 0 Å². The lowest BCUT2D eigenvalue weighted by atomic mass is 10.3. The largest absolute Gasteiger partial charge is 1.00 e. The van der Waals surface area contributed by atoms with E-state index < -0.39 is 0 Å². The number of benzene rings is 2. The molecule has 0 aliphatic carbocycles. The summed E-state index contributed by atoms with van der Waals surface area (Å²) in [5.74, 6) is 0. The van der Waals surface area contributed by atoms with Gasteiger partial charge in [0.2, 0.25) is 5.52 Å².